The first-order chi connectivity index (χ1) is 13.1. The van der Waals surface area contributed by atoms with E-state index in [1.165, 1.54) is 23.9 Å². The van der Waals surface area contributed by atoms with Crippen LogP contribution in [0.4, 0.5) is 15.9 Å². The molecule has 1 heterocycles. The second kappa shape index (κ2) is 9.34. The fraction of sp³-hybridized carbons (Fsp3) is 0.105. The molecular weight excluding hydrogens is 387 g/mol. The standard InChI is InChI=1S/C19H16ClFN4OS/c20-14-6-4-13(5-7-14)11-22-17-8-9-19(25-24-17)27-12-18(26)23-16-3-1-2-15(21)10-16/h1-10H,11-12H2,(H,22,24)(H,23,26). The van der Waals surface area contributed by atoms with Gasteiger partial charge in [-0.2, -0.15) is 0 Å². The van der Waals surface area contributed by atoms with E-state index in [1.807, 2.05) is 24.3 Å². The molecule has 0 saturated heterocycles. The third kappa shape index (κ3) is 6.23. The first-order valence-corrected chi connectivity index (χ1v) is 9.45. The number of anilines is 2. The molecular formula is C19H16ClFN4OS. The number of carbonyl (C=O) groups excluding carboxylic acids is 1. The number of nitrogens with zero attached hydrogens (tertiary/aromatic N) is 2. The van der Waals surface area contributed by atoms with Crippen LogP contribution in [-0.2, 0) is 11.3 Å². The highest BCUT2D eigenvalue weighted by Crippen LogP contribution is 2.17. The van der Waals surface area contributed by atoms with Gasteiger partial charge in [0.25, 0.3) is 0 Å². The monoisotopic (exact) mass is 402 g/mol. The van der Waals surface area contributed by atoms with Gasteiger partial charge >= 0.3 is 0 Å². The zero-order valence-corrected chi connectivity index (χ0v) is 15.7. The predicted octanol–water partition coefficient (Wildman–Crippen LogP) is 4.61. The molecule has 3 aromatic rings. The summed E-state index contributed by atoms with van der Waals surface area (Å²) in [5.41, 5.74) is 1.50. The van der Waals surface area contributed by atoms with Gasteiger partial charge in [-0.15, -0.1) is 10.2 Å². The van der Waals surface area contributed by atoms with Crippen LogP contribution in [0.3, 0.4) is 0 Å². The highest BCUT2D eigenvalue weighted by molar-refractivity contribution is 7.99. The van der Waals surface area contributed by atoms with Crippen LogP contribution in [0, 0.1) is 5.82 Å². The second-order valence-corrected chi connectivity index (χ2v) is 7.02. The molecule has 2 N–H and O–H groups in total. The number of rotatable bonds is 7. The van der Waals surface area contributed by atoms with E-state index < -0.39 is 5.82 Å². The Morgan fingerprint density at radius 3 is 2.59 bits per heavy atom. The van der Waals surface area contributed by atoms with Crippen molar-refractivity contribution in [3.05, 3.63) is 77.1 Å². The number of aromatic nitrogens is 2. The average molecular weight is 403 g/mol. The van der Waals surface area contributed by atoms with Crippen molar-refractivity contribution in [2.45, 2.75) is 11.6 Å². The van der Waals surface area contributed by atoms with Crippen molar-refractivity contribution in [2.75, 3.05) is 16.4 Å². The van der Waals surface area contributed by atoms with Gasteiger partial charge in [-0.05, 0) is 48.0 Å². The lowest BCUT2D eigenvalue weighted by atomic mass is 10.2. The number of thioether (sulfide) groups is 1. The van der Waals surface area contributed by atoms with Gasteiger partial charge in [0.05, 0.1) is 5.75 Å². The van der Waals surface area contributed by atoms with Gasteiger partial charge in [0.2, 0.25) is 5.91 Å². The minimum absolute atomic E-state index is 0.155. The summed E-state index contributed by atoms with van der Waals surface area (Å²) in [6.45, 7) is 0.606. The van der Waals surface area contributed by atoms with E-state index in [9.17, 15) is 9.18 Å². The Kier molecular flexibility index (Phi) is 6.62. The highest BCUT2D eigenvalue weighted by atomic mass is 35.5. The minimum atomic E-state index is -0.395. The molecule has 0 aliphatic heterocycles. The summed E-state index contributed by atoms with van der Waals surface area (Å²) in [6, 6.07) is 16.9. The minimum Gasteiger partial charge on any atom is -0.365 e. The number of halogens is 2. The Morgan fingerprint density at radius 2 is 1.89 bits per heavy atom. The van der Waals surface area contributed by atoms with Crippen LogP contribution in [0.5, 0.6) is 0 Å². The molecule has 1 aromatic heterocycles. The Labute approximate surface area is 165 Å². The molecule has 0 saturated carbocycles. The summed E-state index contributed by atoms with van der Waals surface area (Å²) >= 11 is 7.12. The Morgan fingerprint density at radius 1 is 1.07 bits per heavy atom. The molecule has 27 heavy (non-hydrogen) atoms. The molecule has 0 atom stereocenters. The fourth-order valence-corrected chi connectivity index (χ4v) is 2.93. The van der Waals surface area contributed by atoms with E-state index in [-0.39, 0.29) is 11.7 Å². The molecule has 0 unspecified atom stereocenters. The summed E-state index contributed by atoms with van der Waals surface area (Å²) in [4.78, 5) is 11.9. The highest BCUT2D eigenvalue weighted by Gasteiger charge is 2.06. The zero-order chi connectivity index (χ0) is 19.1. The van der Waals surface area contributed by atoms with Crippen molar-refractivity contribution in [3.63, 3.8) is 0 Å². The molecule has 0 radical (unpaired) electrons. The van der Waals surface area contributed by atoms with Crippen LogP contribution in [0.25, 0.3) is 0 Å². The SMILES string of the molecule is O=C(CSc1ccc(NCc2ccc(Cl)cc2)nn1)Nc1cccc(F)c1. The van der Waals surface area contributed by atoms with Crippen LogP contribution < -0.4 is 10.6 Å². The van der Waals surface area contributed by atoms with Crippen molar-refractivity contribution in [1.82, 2.24) is 10.2 Å². The van der Waals surface area contributed by atoms with Gasteiger partial charge in [-0.25, -0.2) is 4.39 Å². The summed E-state index contributed by atoms with van der Waals surface area (Å²) in [6.07, 6.45) is 0. The first kappa shape index (κ1) is 19.1. The summed E-state index contributed by atoms with van der Waals surface area (Å²) in [5, 5.41) is 15.3. The third-order valence-electron chi connectivity index (χ3n) is 3.49. The van der Waals surface area contributed by atoms with Crippen molar-refractivity contribution >= 4 is 40.8 Å². The zero-order valence-electron chi connectivity index (χ0n) is 14.2. The molecule has 8 heteroatoms. The quantitative estimate of drug-likeness (QED) is 0.565. The van der Waals surface area contributed by atoms with E-state index in [2.05, 4.69) is 20.8 Å². The van der Waals surface area contributed by atoms with Gasteiger partial charge in [0.15, 0.2) is 0 Å². The molecule has 0 aliphatic rings. The molecule has 138 valence electrons. The molecule has 5 nitrogen and oxygen atoms in total. The Hall–Kier alpha value is -2.64. The fourth-order valence-electron chi connectivity index (χ4n) is 2.19. The molecule has 0 fully saturated rings. The molecule has 0 bridgehead atoms. The molecule has 2 aromatic carbocycles. The lowest BCUT2D eigenvalue weighted by Gasteiger charge is -2.07. The number of amides is 1. The molecule has 0 spiro atoms. The molecule has 1 amide bonds. The first-order valence-electron chi connectivity index (χ1n) is 8.09. The Balaban J connectivity index is 1.45. The van der Waals surface area contributed by atoms with Crippen LogP contribution in [0.2, 0.25) is 5.02 Å². The smallest absolute Gasteiger partial charge is 0.234 e. The van der Waals surface area contributed by atoms with Crippen LogP contribution in [-0.4, -0.2) is 21.9 Å². The normalized spacial score (nSPS) is 10.4. The van der Waals surface area contributed by atoms with Crippen molar-refractivity contribution in [3.8, 4) is 0 Å². The van der Waals surface area contributed by atoms with Crippen LogP contribution >= 0.6 is 23.4 Å². The van der Waals surface area contributed by atoms with E-state index >= 15 is 0 Å². The van der Waals surface area contributed by atoms with Gasteiger partial charge in [-0.3, -0.25) is 4.79 Å². The van der Waals surface area contributed by atoms with Crippen molar-refractivity contribution < 1.29 is 9.18 Å². The molecule has 0 aliphatic carbocycles. The molecule has 3 rings (SSSR count). The van der Waals surface area contributed by atoms with E-state index in [0.717, 1.165) is 5.56 Å². The number of hydrogen-bond donors (Lipinski definition) is 2. The van der Waals surface area contributed by atoms with Gasteiger partial charge in [0.1, 0.15) is 16.7 Å². The summed E-state index contributed by atoms with van der Waals surface area (Å²) in [5.74, 6) is 0.159. The van der Waals surface area contributed by atoms with E-state index in [4.69, 9.17) is 11.6 Å². The average Bonchev–Trinajstić information content (AvgIpc) is 2.67. The van der Waals surface area contributed by atoms with Crippen molar-refractivity contribution in [2.24, 2.45) is 0 Å². The van der Waals surface area contributed by atoms with Gasteiger partial charge in [0, 0.05) is 17.3 Å². The third-order valence-corrected chi connectivity index (χ3v) is 4.66. The number of hydrogen-bond acceptors (Lipinski definition) is 5. The maximum atomic E-state index is 13.1. The van der Waals surface area contributed by atoms with Crippen LogP contribution in [0.1, 0.15) is 5.56 Å². The number of carbonyl (C=O) groups is 1. The predicted molar refractivity (Wildman–Crippen MR) is 107 cm³/mol. The lowest BCUT2D eigenvalue weighted by molar-refractivity contribution is -0.113. The topological polar surface area (TPSA) is 66.9 Å². The summed E-state index contributed by atoms with van der Waals surface area (Å²) in [7, 11) is 0. The summed E-state index contributed by atoms with van der Waals surface area (Å²) < 4.78 is 13.1. The van der Waals surface area contributed by atoms with Crippen LogP contribution in [0.15, 0.2) is 65.7 Å². The maximum absolute atomic E-state index is 13.1. The lowest BCUT2D eigenvalue weighted by Crippen LogP contribution is -2.14. The van der Waals surface area contributed by atoms with Gasteiger partial charge < -0.3 is 10.6 Å². The van der Waals surface area contributed by atoms with Crippen molar-refractivity contribution in [1.29, 1.82) is 0 Å². The number of benzene rings is 2. The van der Waals surface area contributed by atoms with Gasteiger partial charge in [-0.1, -0.05) is 41.6 Å². The second-order valence-electron chi connectivity index (χ2n) is 5.58. The van der Waals surface area contributed by atoms with E-state index in [1.54, 1.807) is 24.3 Å². The largest absolute Gasteiger partial charge is 0.365 e. The maximum Gasteiger partial charge on any atom is 0.234 e. The Bertz CT molecular complexity index is 906. The number of nitrogens with one attached hydrogen (secondary N) is 2. The van der Waals surface area contributed by atoms with E-state index in [0.29, 0.717) is 28.1 Å².